The van der Waals surface area contributed by atoms with Gasteiger partial charge in [0.2, 0.25) is 0 Å². The number of carbonyl (C=O) groups excluding carboxylic acids is 2. The summed E-state index contributed by atoms with van der Waals surface area (Å²) in [6.07, 6.45) is 7.47. The molecule has 4 aliphatic carbocycles. The number of rotatable bonds is 6. The second-order valence-corrected chi connectivity index (χ2v) is 7.59. The Morgan fingerprint density at radius 2 is 1.45 bits per heavy atom. The highest BCUT2D eigenvalue weighted by Crippen LogP contribution is 2.63. The van der Waals surface area contributed by atoms with E-state index in [2.05, 4.69) is 0 Å². The number of carbonyl (C=O) groups is 2. The maximum absolute atomic E-state index is 12.6. The molecule has 4 nitrogen and oxygen atoms in total. The van der Waals surface area contributed by atoms with Gasteiger partial charge in [0.15, 0.2) is 0 Å². The van der Waals surface area contributed by atoms with Crippen LogP contribution in [0, 0.1) is 29.1 Å². The number of hydrogen-bond acceptors (Lipinski definition) is 4. The second-order valence-electron chi connectivity index (χ2n) is 7.59. The second kappa shape index (κ2) is 6.21. The van der Waals surface area contributed by atoms with Crippen LogP contribution in [-0.2, 0) is 19.1 Å². The van der Waals surface area contributed by atoms with Crippen LogP contribution in [-0.4, -0.2) is 25.2 Å². The lowest BCUT2D eigenvalue weighted by molar-refractivity contribution is -0.170. The van der Waals surface area contributed by atoms with E-state index < -0.39 is 0 Å². The Kier molecular flexibility index (Phi) is 4.47. The van der Waals surface area contributed by atoms with Crippen LogP contribution >= 0.6 is 0 Å². The zero-order chi connectivity index (χ0) is 15.7. The molecule has 1 unspecified atom stereocenters. The predicted octanol–water partition coefficient (Wildman–Crippen LogP) is 3.34. The first-order valence-electron chi connectivity index (χ1n) is 8.88. The van der Waals surface area contributed by atoms with Gasteiger partial charge in [0.25, 0.3) is 0 Å². The molecule has 0 amide bonds. The lowest BCUT2D eigenvalue weighted by Gasteiger charge is -2.58. The molecule has 4 rings (SSSR count). The minimum Gasteiger partial charge on any atom is -0.466 e. The van der Waals surface area contributed by atoms with Crippen molar-refractivity contribution in [3.8, 4) is 0 Å². The molecule has 1 atom stereocenters. The summed E-state index contributed by atoms with van der Waals surface area (Å²) in [5.74, 6) is 1.52. The van der Waals surface area contributed by atoms with Gasteiger partial charge in [0.05, 0.1) is 25.6 Å². The molecule has 4 heteroatoms. The molecule has 4 saturated carbocycles. The van der Waals surface area contributed by atoms with Crippen molar-refractivity contribution in [1.29, 1.82) is 0 Å². The number of esters is 2. The maximum Gasteiger partial charge on any atom is 0.310 e. The molecule has 124 valence electrons. The molecule has 4 fully saturated rings. The Labute approximate surface area is 132 Å². The number of hydrogen-bond donors (Lipinski definition) is 0. The predicted molar refractivity (Wildman–Crippen MR) is 82.0 cm³/mol. The summed E-state index contributed by atoms with van der Waals surface area (Å²) < 4.78 is 10.4. The van der Waals surface area contributed by atoms with Crippen molar-refractivity contribution in [3.05, 3.63) is 0 Å². The fraction of sp³-hybridized carbons (Fsp3) is 0.889. The molecule has 0 radical (unpaired) electrons. The summed E-state index contributed by atoms with van der Waals surface area (Å²) in [5, 5.41) is 0. The lowest BCUT2D eigenvalue weighted by Crippen LogP contribution is -2.52. The van der Waals surface area contributed by atoms with Gasteiger partial charge >= 0.3 is 11.9 Å². The van der Waals surface area contributed by atoms with E-state index in [-0.39, 0.29) is 29.7 Å². The Bertz CT molecular complexity index is 407. The summed E-state index contributed by atoms with van der Waals surface area (Å²) in [4.78, 5) is 24.6. The topological polar surface area (TPSA) is 52.6 Å². The molecule has 22 heavy (non-hydrogen) atoms. The highest BCUT2D eigenvalue weighted by molar-refractivity contribution is 5.80. The average Bonchev–Trinajstić information content (AvgIpc) is 2.43. The Morgan fingerprint density at radius 3 is 1.91 bits per heavy atom. The zero-order valence-electron chi connectivity index (χ0n) is 13.8. The minimum atomic E-state index is -0.306. The fourth-order valence-electron chi connectivity index (χ4n) is 5.78. The summed E-state index contributed by atoms with van der Waals surface area (Å²) in [6.45, 7) is 4.39. The number of ether oxygens (including phenoxy) is 2. The lowest BCUT2D eigenvalue weighted by atomic mass is 9.46. The van der Waals surface area contributed by atoms with Crippen LogP contribution in [0.3, 0.4) is 0 Å². The van der Waals surface area contributed by atoms with Gasteiger partial charge in [-0.3, -0.25) is 9.59 Å². The Morgan fingerprint density at radius 1 is 0.955 bits per heavy atom. The molecular formula is C18H28O4. The van der Waals surface area contributed by atoms with Gasteiger partial charge in [0.1, 0.15) is 0 Å². The molecule has 0 aromatic carbocycles. The van der Waals surface area contributed by atoms with E-state index in [4.69, 9.17) is 9.47 Å². The SMILES string of the molecule is CCOC(=O)CC(C(=O)OCC)C12CC3CC(CC(C3)C1)C2. The highest BCUT2D eigenvalue weighted by atomic mass is 16.5. The molecular weight excluding hydrogens is 280 g/mol. The van der Waals surface area contributed by atoms with E-state index in [0.29, 0.717) is 13.2 Å². The van der Waals surface area contributed by atoms with E-state index in [1.165, 1.54) is 19.3 Å². The summed E-state index contributed by atoms with van der Waals surface area (Å²) in [6, 6.07) is 0. The van der Waals surface area contributed by atoms with Crippen LogP contribution in [0.15, 0.2) is 0 Å². The van der Waals surface area contributed by atoms with E-state index in [1.807, 2.05) is 13.8 Å². The monoisotopic (exact) mass is 308 g/mol. The van der Waals surface area contributed by atoms with Gasteiger partial charge in [-0.15, -0.1) is 0 Å². The van der Waals surface area contributed by atoms with Crippen molar-refractivity contribution in [2.75, 3.05) is 13.2 Å². The van der Waals surface area contributed by atoms with E-state index in [1.54, 1.807) is 0 Å². The zero-order valence-corrected chi connectivity index (χ0v) is 13.8. The third-order valence-corrected chi connectivity index (χ3v) is 6.07. The molecule has 0 N–H and O–H groups in total. The molecule has 0 spiro atoms. The minimum absolute atomic E-state index is 0.00619. The smallest absolute Gasteiger partial charge is 0.310 e. The van der Waals surface area contributed by atoms with Gasteiger partial charge in [-0.25, -0.2) is 0 Å². The quantitative estimate of drug-likeness (QED) is 0.706. The summed E-state index contributed by atoms with van der Waals surface area (Å²) in [5.41, 5.74) is -0.00619. The first-order valence-corrected chi connectivity index (χ1v) is 8.88. The standard InChI is InChI=1S/C18H28O4/c1-3-21-16(19)8-15(17(20)22-4-2)18-9-12-5-13(10-18)7-14(6-12)11-18/h12-15H,3-11H2,1-2H3. The normalized spacial score (nSPS) is 36.9. The third kappa shape index (κ3) is 2.89. The van der Waals surface area contributed by atoms with Crippen molar-refractivity contribution in [2.45, 2.75) is 58.8 Å². The molecule has 0 heterocycles. The maximum atomic E-state index is 12.6. The van der Waals surface area contributed by atoms with Crippen molar-refractivity contribution >= 4 is 11.9 Å². The average molecular weight is 308 g/mol. The van der Waals surface area contributed by atoms with Crippen molar-refractivity contribution in [1.82, 2.24) is 0 Å². The van der Waals surface area contributed by atoms with Crippen LogP contribution in [0.2, 0.25) is 0 Å². The Balaban J connectivity index is 1.81. The van der Waals surface area contributed by atoms with Gasteiger partial charge in [-0.05, 0) is 75.5 Å². The van der Waals surface area contributed by atoms with Crippen molar-refractivity contribution < 1.29 is 19.1 Å². The van der Waals surface area contributed by atoms with Crippen molar-refractivity contribution in [3.63, 3.8) is 0 Å². The van der Waals surface area contributed by atoms with E-state index in [9.17, 15) is 9.59 Å². The van der Waals surface area contributed by atoms with Gasteiger partial charge in [0, 0.05) is 0 Å². The molecule has 0 aromatic rings. The van der Waals surface area contributed by atoms with E-state index >= 15 is 0 Å². The van der Waals surface area contributed by atoms with Crippen LogP contribution in [0.5, 0.6) is 0 Å². The Hall–Kier alpha value is -1.06. The summed E-state index contributed by atoms with van der Waals surface area (Å²) in [7, 11) is 0. The first-order chi connectivity index (χ1) is 10.6. The van der Waals surface area contributed by atoms with Crippen LogP contribution < -0.4 is 0 Å². The van der Waals surface area contributed by atoms with Crippen molar-refractivity contribution in [2.24, 2.45) is 29.1 Å². The first kappa shape index (κ1) is 15.8. The molecule has 0 saturated heterocycles. The highest BCUT2D eigenvalue weighted by Gasteiger charge is 2.56. The van der Waals surface area contributed by atoms with Gasteiger partial charge < -0.3 is 9.47 Å². The third-order valence-electron chi connectivity index (χ3n) is 6.07. The summed E-state index contributed by atoms with van der Waals surface area (Å²) >= 11 is 0. The van der Waals surface area contributed by atoms with Crippen LogP contribution in [0.4, 0.5) is 0 Å². The van der Waals surface area contributed by atoms with Crippen LogP contribution in [0.25, 0.3) is 0 Å². The largest absolute Gasteiger partial charge is 0.466 e. The van der Waals surface area contributed by atoms with Crippen LogP contribution in [0.1, 0.15) is 58.8 Å². The van der Waals surface area contributed by atoms with Gasteiger partial charge in [-0.1, -0.05) is 0 Å². The molecule has 0 aliphatic heterocycles. The van der Waals surface area contributed by atoms with Gasteiger partial charge in [-0.2, -0.15) is 0 Å². The molecule has 0 aromatic heterocycles. The van der Waals surface area contributed by atoms with E-state index in [0.717, 1.165) is 37.0 Å². The molecule has 4 aliphatic rings. The molecule has 4 bridgehead atoms. The fourth-order valence-corrected chi connectivity index (χ4v) is 5.78.